The molecule has 4 aromatic rings. The fourth-order valence-electron chi connectivity index (χ4n) is 4.48. The van der Waals surface area contributed by atoms with E-state index in [9.17, 15) is 17.9 Å². The molecule has 5 rings (SSSR count). The van der Waals surface area contributed by atoms with Crippen molar-refractivity contribution in [2.75, 3.05) is 38.2 Å². The normalized spacial score (nSPS) is 16.0. The molecule has 0 aliphatic carbocycles. The summed E-state index contributed by atoms with van der Waals surface area (Å²) in [6.07, 6.45) is 3.69. The number of aliphatic hydroxyl groups excluding tert-OH is 1. The van der Waals surface area contributed by atoms with Gasteiger partial charge in [-0.2, -0.15) is 0 Å². The standard InChI is InChI=1S/C25H27FN4O4S2/c1-34-22-7-4-17(13-20(22)26)21-6-5-19-18(3-2-8-29-9-11-36(32,33)12-10-29)14-30(25(19)27-21)23-16-35-24(15-31)28-23/h4-7,13-14,16,31H,2-3,8-12,15H2,1H3. The molecule has 0 bridgehead atoms. The Morgan fingerprint density at radius 2 is 1.97 bits per heavy atom. The lowest BCUT2D eigenvalue weighted by Gasteiger charge is -2.26. The number of aliphatic hydroxyl groups is 1. The zero-order chi connectivity index (χ0) is 25.3. The van der Waals surface area contributed by atoms with Gasteiger partial charge >= 0.3 is 0 Å². The van der Waals surface area contributed by atoms with Gasteiger partial charge in [-0.15, -0.1) is 11.3 Å². The van der Waals surface area contributed by atoms with Gasteiger partial charge in [-0.3, -0.25) is 4.57 Å². The largest absolute Gasteiger partial charge is 0.494 e. The summed E-state index contributed by atoms with van der Waals surface area (Å²) in [5.41, 5.74) is 3.08. The van der Waals surface area contributed by atoms with Crippen LogP contribution in [0.15, 0.2) is 41.9 Å². The molecule has 11 heteroatoms. The minimum Gasteiger partial charge on any atom is -0.494 e. The molecule has 3 aromatic heterocycles. The highest BCUT2D eigenvalue weighted by atomic mass is 32.2. The van der Waals surface area contributed by atoms with Crippen molar-refractivity contribution >= 4 is 32.2 Å². The molecular formula is C25H27FN4O4S2. The van der Waals surface area contributed by atoms with Crippen molar-refractivity contribution in [2.24, 2.45) is 0 Å². The summed E-state index contributed by atoms with van der Waals surface area (Å²) in [7, 11) is -1.46. The second-order valence-corrected chi connectivity index (χ2v) is 12.0. The second-order valence-electron chi connectivity index (χ2n) is 8.80. The van der Waals surface area contributed by atoms with Crippen LogP contribution in [0.1, 0.15) is 17.0 Å². The van der Waals surface area contributed by atoms with Crippen LogP contribution in [0.4, 0.5) is 4.39 Å². The molecule has 1 aliphatic rings. The Hall–Kier alpha value is -2.86. The van der Waals surface area contributed by atoms with E-state index in [1.807, 2.05) is 28.3 Å². The molecule has 1 aliphatic heterocycles. The van der Waals surface area contributed by atoms with Gasteiger partial charge in [0.2, 0.25) is 0 Å². The maximum absolute atomic E-state index is 14.3. The monoisotopic (exact) mass is 530 g/mol. The van der Waals surface area contributed by atoms with Crippen molar-refractivity contribution in [2.45, 2.75) is 19.4 Å². The first-order valence-electron chi connectivity index (χ1n) is 11.7. The van der Waals surface area contributed by atoms with Gasteiger partial charge in [-0.05, 0) is 55.3 Å². The second kappa shape index (κ2) is 10.3. The molecule has 1 saturated heterocycles. The van der Waals surface area contributed by atoms with E-state index in [1.165, 1.54) is 24.5 Å². The van der Waals surface area contributed by atoms with Crippen molar-refractivity contribution in [1.82, 2.24) is 19.4 Å². The number of hydrogen-bond donors (Lipinski definition) is 1. The van der Waals surface area contributed by atoms with Gasteiger partial charge < -0.3 is 14.7 Å². The van der Waals surface area contributed by atoms with Crippen LogP contribution in [0, 0.1) is 5.82 Å². The van der Waals surface area contributed by atoms with Gasteiger partial charge in [-0.1, -0.05) is 0 Å². The smallest absolute Gasteiger partial charge is 0.165 e. The van der Waals surface area contributed by atoms with Crippen LogP contribution < -0.4 is 4.74 Å². The van der Waals surface area contributed by atoms with E-state index in [2.05, 4.69) is 9.88 Å². The number of nitrogens with zero attached hydrogens (tertiary/aromatic N) is 4. The molecule has 0 atom stereocenters. The molecule has 0 saturated carbocycles. The van der Waals surface area contributed by atoms with E-state index < -0.39 is 15.7 Å². The van der Waals surface area contributed by atoms with E-state index in [-0.39, 0.29) is 23.9 Å². The number of fused-ring (bicyclic) bond motifs is 1. The lowest BCUT2D eigenvalue weighted by Crippen LogP contribution is -2.40. The zero-order valence-corrected chi connectivity index (χ0v) is 21.5. The summed E-state index contributed by atoms with van der Waals surface area (Å²) in [4.78, 5) is 11.6. The van der Waals surface area contributed by atoms with Crippen LogP contribution in [0.2, 0.25) is 0 Å². The van der Waals surface area contributed by atoms with Gasteiger partial charge in [0, 0.05) is 35.6 Å². The van der Waals surface area contributed by atoms with Gasteiger partial charge in [0.05, 0.1) is 30.9 Å². The summed E-state index contributed by atoms with van der Waals surface area (Å²) in [5, 5.41) is 13.0. The number of rotatable bonds is 8. The van der Waals surface area contributed by atoms with E-state index >= 15 is 0 Å². The predicted octanol–water partition coefficient (Wildman–Crippen LogP) is 3.45. The van der Waals surface area contributed by atoms with E-state index in [1.54, 1.807) is 12.1 Å². The van der Waals surface area contributed by atoms with Gasteiger partial charge in [0.25, 0.3) is 0 Å². The predicted molar refractivity (Wildman–Crippen MR) is 138 cm³/mol. The lowest BCUT2D eigenvalue weighted by atomic mass is 10.1. The molecule has 0 spiro atoms. The summed E-state index contributed by atoms with van der Waals surface area (Å²) in [6, 6.07) is 8.65. The van der Waals surface area contributed by atoms with Crippen LogP contribution in [0.5, 0.6) is 5.75 Å². The van der Waals surface area contributed by atoms with Crippen LogP contribution >= 0.6 is 11.3 Å². The minimum absolute atomic E-state index is 0.133. The summed E-state index contributed by atoms with van der Waals surface area (Å²) in [5.74, 6) is 0.845. The quantitative estimate of drug-likeness (QED) is 0.373. The van der Waals surface area contributed by atoms with Crippen LogP contribution in [-0.2, 0) is 22.9 Å². The van der Waals surface area contributed by atoms with Gasteiger partial charge in [-0.25, -0.2) is 22.8 Å². The first kappa shape index (κ1) is 24.8. The Balaban J connectivity index is 1.45. The molecule has 0 amide bonds. The number of ether oxygens (including phenoxy) is 1. The number of halogens is 1. The maximum Gasteiger partial charge on any atom is 0.165 e. The molecule has 1 fully saturated rings. The number of methoxy groups -OCH3 is 1. The highest BCUT2D eigenvalue weighted by Crippen LogP contribution is 2.30. The number of pyridine rings is 1. The molecular weight excluding hydrogens is 503 g/mol. The van der Waals surface area contributed by atoms with Gasteiger partial charge in [0.1, 0.15) is 16.5 Å². The summed E-state index contributed by atoms with van der Waals surface area (Å²) >= 11 is 1.38. The number of thiazole rings is 1. The summed E-state index contributed by atoms with van der Waals surface area (Å²) in [6.45, 7) is 1.85. The van der Waals surface area contributed by atoms with E-state index in [0.717, 1.165) is 30.3 Å². The fraction of sp³-hybridized carbons (Fsp3) is 0.360. The third-order valence-electron chi connectivity index (χ3n) is 6.46. The van der Waals surface area contributed by atoms with E-state index in [4.69, 9.17) is 9.72 Å². The Labute approximate surface area is 212 Å². The third-order valence-corrected chi connectivity index (χ3v) is 8.89. The van der Waals surface area contributed by atoms with Crippen LogP contribution in [-0.4, -0.2) is 71.2 Å². The SMILES string of the molecule is COc1ccc(-c2ccc3c(CCCN4CCS(=O)(=O)CC4)cn(-c4csc(CO)n4)c3n2)cc1F. The van der Waals surface area contributed by atoms with Crippen molar-refractivity contribution in [3.63, 3.8) is 0 Å². The van der Waals surface area contributed by atoms with Crippen molar-refractivity contribution in [1.29, 1.82) is 0 Å². The molecule has 8 nitrogen and oxygen atoms in total. The molecule has 1 N–H and O–H groups in total. The van der Waals surface area contributed by atoms with Crippen molar-refractivity contribution in [3.05, 3.63) is 58.3 Å². The highest BCUT2D eigenvalue weighted by molar-refractivity contribution is 7.91. The van der Waals surface area contributed by atoms with Gasteiger partial charge in [0.15, 0.2) is 21.4 Å². The van der Waals surface area contributed by atoms with Crippen molar-refractivity contribution < 1.29 is 22.7 Å². The molecule has 36 heavy (non-hydrogen) atoms. The average molecular weight is 531 g/mol. The summed E-state index contributed by atoms with van der Waals surface area (Å²) < 4.78 is 44.7. The molecule has 0 unspecified atom stereocenters. The number of hydrogen-bond acceptors (Lipinski definition) is 8. The molecule has 0 radical (unpaired) electrons. The number of aromatic nitrogens is 3. The Morgan fingerprint density at radius 1 is 1.17 bits per heavy atom. The molecule has 1 aromatic carbocycles. The lowest BCUT2D eigenvalue weighted by molar-refractivity contribution is 0.281. The number of aryl methyl sites for hydroxylation is 1. The maximum atomic E-state index is 14.3. The Bertz CT molecular complexity index is 1490. The number of benzene rings is 1. The van der Waals surface area contributed by atoms with E-state index in [0.29, 0.717) is 40.8 Å². The van der Waals surface area contributed by atoms with Crippen LogP contribution in [0.25, 0.3) is 28.1 Å². The first-order valence-corrected chi connectivity index (χ1v) is 14.4. The molecule has 4 heterocycles. The fourth-order valence-corrected chi connectivity index (χ4v) is 6.39. The third kappa shape index (κ3) is 5.15. The minimum atomic E-state index is -2.89. The van der Waals surface area contributed by atoms with Crippen molar-refractivity contribution in [3.8, 4) is 22.8 Å². The zero-order valence-electron chi connectivity index (χ0n) is 19.9. The molecule has 190 valence electrons. The Kier molecular flexibility index (Phi) is 7.07. The number of sulfone groups is 1. The highest BCUT2D eigenvalue weighted by Gasteiger charge is 2.21. The Morgan fingerprint density at radius 3 is 2.67 bits per heavy atom. The average Bonchev–Trinajstić information content (AvgIpc) is 3.49. The topological polar surface area (TPSA) is 97.5 Å². The van der Waals surface area contributed by atoms with Crippen LogP contribution in [0.3, 0.4) is 0 Å². The first-order chi connectivity index (χ1) is 17.4.